The van der Waals surface area contributed by atoms with E-state index in [1.807, 2.05) is 13.8 Å². The Kier molecular flexibility index (Phi) is 7.05. The smallest absolute Gasteiger partial charge is 0.289 e. The number of carbonyl (C=O) groups excluding carboxylic acids is 3. The molecule has 1 aromatic rings. The Morgan fingerprint density at radius 3 is 2.39 bits per heavy atom. The van der Waals surface area contributed by atoms with Crippen LogP contribution in [0.2, 0.25) is 0 Å². The fourth-order valence-electron chi connectivity index (χ4n) is 1.94. The quantitative estimate of drug-likeness (QED) is 0.842. The molecule has 1 heterocycles. The van der Waals surface area contributed by atoms with Crippen molar-refractivity contribution in [3.63, 3.8) is 0 Å². The van der Waals surface area contributed by atoms with Crippen LogP contribution in [0, 0.1) is 5.92 Å². The Morgan fingerprint density at radius 1 is 1.30 bits per heavy atom. The molecule has 1 aliphatic rings. The summed E-state index contributed by atoms with van der Waals surface area (Å²) in [6, 6.07) is 6.47. The zero-order valence-electron chi connectivity index (χ0n) is 12.9. The van der Waals surface area contributed by atoms with Gasteiger partial charge in [-0.1, -0.05) is 37.7 Å². The van der Waals surface area contributed by atoms with E-state index in [-0.39, 0.29) is 47.7 Å². The van der Waals surface area contributed by atoms with Crippen molar-refractivity contribution in [2.45, 2.75) is 26.4 Å². The van der Waals surface area contributed by atoms with Crippen molar-refractivity contribution in [3.8, 4) is 0 Å². The largest absolute Gasteiger partial charge is 0.325 e. The minimum atomic E-state index is -0.559. The average Bonchev–Trinajstić information content (AvgIpc) is 2.80. The molecule has 0 aromatic heterocycles. The van der Waals surface area contributed by atoms with E-state index >= 15 is 0 Å². The number of rotatable bonds is 5. The molecule has 0 saturated carbocycles. The van der Waals surface area contributed by atoms with Crippen LogP contribution in [-0.4, -0.2) is 33.7 Å². The van der Waals surface area contributed by atoms with E-state index < -0.39 is 6.04 Å². The Morgan fingerprint density at radius 2 is 1.91 bits per heavy atom. The molecule has 1 atom stereocenters. The first kappa shape index (κ1) is 19.5. The van der Waals surface area contributed by atoms with Gasteiger partial charge in [0.1, 0.15) is 0 Å². The lowest BCUT2D eigenvalue weighted by Gasteiger charge is -2.16. The third-order valence-electron chi connectivity index (χ3n) is 3.42. The highest BCUT2D eigenvalue weighted by Crippen LogP contribution is 2.21. The van der Waals surface area contributed by atoms with Crippen molar-refractivity contribution < 1.29 is 14.4 Å². The minimum Gasteiger partial charge on any atom is -0.325 e. The van der Waals surface area contributed by atoms with Gasteiger partial charge in [-0.15, -0.1) is 12.4 Å². The predicted octanol–water partition coefficient (Wildman–Crippen LogP) is 2.23. The lowest BCUT2D eigenvalue weighted by molar-refractivity contribution is -0.125. The summed E-state index contributed by atoms with van der Waals surface area (Å²) < 4.78 is 0. The highest BCUT2D eigenvalue weighted by Gasteiger charge is 2.29. The zero-order valence-corrected chi connectivity index (χ0v) is 14.6. The maximum absolute atomic E-state index is 11.9. The second-order valence-corrected chi connectivity index (χ2v) is 6.42. The van der Waals surface area contributed by atoms with E-state index in [0.29, 0.717) is 5.69 Å². The number of halogens is 1. The van der Waals surface area contributed by atoms with Crippen LogP contribution < -0.4 is 11.1 Å². The summed E-state index contributed by atoms with van der Waals surface area (Å²) in [5, 5.41) is 2.53. The van der Waals surface area contributed by atoms with Crippen molar-refractivity contribution in [2.24, 2.45) is 11.7 Å². The first-order chi connectivity index (χ1) is 10.4. The number of benzene rings is 1. The van der Waals surface area contributed by atoms with Crippen molar-refractivity contribution in [2.75, 3.05) is 11.1 Å². The molecule has 126 valence electrons. The number of amides is 3. The van der Waals surface area contributed by atoms with E-state index in [2.05, 4.69) is 5.32 Å². The van der Waals surface area contributed by atoms with E-state index in [1.165, 1.54) is 4.90 Å². The molecule has 0 bridgehead atoms. The van der Waals surface area contributed by atoms with Gasteiger partial charge in [0.2, 0.25) is 11.8 Å². The van der Waals surface area contributed by atoms with E-state index in [1.54, 1.807) is 24.3 Å². The number of carbonyl (C=O) groups is 3. The van der Waals surface area contributed by atoms with Gasteiger partial charge in [0.25, 0.3) is 5.24 Å². The van der Waals surface area contributed by atoms with Crippen LogP contribution in [0.5, 0.6) is 0 Å². The lowest BCUT2D eigenvalue weighted by atomic mass is 10.0. The fraction of sp³-hybridized carbons (Fsp3) is 0.400. The minimum absolute atomic E-state index is 0. The predicted molar refractivity (Wildman–Crippen MR) is 93.5 cm³/mol. The molecule has 8 heteroatoms. The van der Waals surface area contributed by atoms with E-state index in [4.69, 9.17) is 5.73 Å². The number of thioether (sulfide) groups is 1. The van der Waals surface area contributed by atoms with Crippen LogP contribution in [0.4, 0.5) is 10.5 Å². The topological polar surface area (TPSA) is 92.5 Å². The van der Waals surface area contributed by atoms with Crippen LogP contribution in [-0.2, 0) is 16.1 Å². The normalized spacial score (nSPS) is 15.6. The van der Waals surface area contributed by atoms with Crippen LogP contribution in [0.1, 0.15) is 19.4 Å². The second kappa shape index (κ2) is 8.33. The molecule has 0 unspecified atom stereocenters. The maximum atomic E-state index is 11.9. The number of hydrogen-bond donors (Lipinski definition) is 2. The van der Waals surface area contributed by atoms with Gasteiger partial charge in [-0.3, -0.25) is 19.3 Å². The van der Waals surface area contributed by atoms with Crippen LogP contribution in [0.15, 0.2) is 24.3 Å². The summed E-state index contributed by atoms with van der Waals surface area (Å²) in [5.74, 6) is -0.136. The Labute approximate surface area is 145 Å². The summed E-state index contributed by atoms with van der Waals surface area (Å²) in [6.07, 6.45) is 0. The molecule has 1 aromatic carbocycles. The fourth-order valence-corrected chi connectivity index (χ4v) is 2.66. The van der Waals surface area contributed by atoms with Crippen LogP contribution in [0.25, 0.3) is 0 Å². The third kappa shape index (κ3) is 4.95. The average molecular weight is 358 g/mol. The molecule has 1 saturated heterocycles. The van der Waals surface area contributed by atoms with Gasteiger partial charge in [-0.05, 0) is 23.6 Å². The first-order valence-corrected chi connectivity index (χ1v) is 7.99. The zero-order chi connectivity index (χ0) is 16.3. The number of imide groups is 1. The number of nitrogens with two attached hydrogens (primary N) is 1. The Bertz CT molecular complexity index is 576. The Hall–Kier alpha value is -1.57. The maximum Gasteiger partial charge on any atom is 0.289 e. The SMILES string of the molecule is CC(C)[C@H](N)C(=O)Nc1ccc(CN2C(=O)CSC2=O)cc1.Cl. The standard InChI is InChI=1S/C15H19N3O3S.ClH/c1-9(2)13(16)14(20)17-11-5-3-10(4-6-11)7-18-12(19)8-22-15(18)21;/h3-6,9,13H,7-8,16H2,1-2H3,(H,17,20);1H/t13-;/m0./s1. The summed E-state index contributed by atoms with van der Waals surface area (Å²) in [5.41, 5.74) is 7.25. The molecule has 3 N–H and O–H groups in total. The molecule has 3 amide bonds. The molecule has 23 heavy (non-hydrogen) atoms. The van der Waals surface area contributed by atoms with Gasteiger partial charge >= 0.3 is 0 Å². The third-order valence-corrected chi connectivity index (χ3v) is 4.28. The molecule has 0 radical (unpaired) electrons. The van der Waals surface area contributed by atoms with Crippen molar-refractivity contribution in [3.05, 3.63) is 29.8 Å². The highest BCUT2D eigenvalue weighted by molar-refractivity contribution is 8.14. The van der Waals surface area contributed by atoms with E-state index in [0.717, 1.165) is 17.3 Å². The van der Waals surface area contributed by atoms with E-state index in [9.17, 15) is 14.4 Å². The molecule has 1 aliphatic heterocycles. The first-order valence-electron chi connectivity index (χ1n) is 7.01. The monoisotopic (exact) mass is 357 g/mol. The van der Waals surface area contributed by atoms with Gasteiger partial charge < -0.3 is 11.1 Å². The second-order valence-electron chi connectivity index (χ2n) is 5.49. The van der Waals surface area contributed by atoms with Gasteiger partial charge in [-0.2, -0.15) is 0 Å². The number of anilines is 1. The summed E-state index contributed by atoms with van der Waals surface area (Å²) in [4.78, 5) is 36.2. The molecule has 2 rings (SSSR count). The van der Waals surface area contributed by atoms with Gasteiger partial charge in [0.15, 0.2) is 0 Å². The highest BCUT2D eigenvalue weighted by atomic mass is 35.5. The summed E-state index contributed by atoms with van der Waals surface area (Å²) in [7, 11) is 0. The van der Waals surface area contributed by atoms with Crippen LogP contribution in [0.3, 0.4) is 0 Å². The molecule has 1 fully saturated rings. The van der Waals surface area contributed by atoms with Crippen LogP contribution >= 0.6 is 24.2 Å². The summed E-state index contributed by atoms with van der Waals surface area (Å²) >= 11 is 1.02. The number of nitrogens with one attached hydrogen (secondary N) is 1. The lowest BCUT2D eigenvalue weighted by Crippen LogP contribution is -2.39. The van der Waals surface area contributed by atoms with Crippen molar-refractivity contribution >= 4 is 46.9 Å². The Balaban J connectivity index is 0.00000264. The molecule has 0 spiro atoms. The molecule has 0 aliphatic carbocycles. The van der Waals surface area contributed by atoms with Crippen molar-refractivity contribution in [1.82, 2.24) is 4.90 Å². The molecular formula is C15H20ClN3O3S. The summed E-state index contributed by atoms with van der Waals surface area (Å²) in [6.45, 7) is 4.02. The number of hydrogen-bond acceptors (Lipinski definition) is 5. The van der Waals surface area contributed by atoms with Gasteiger partial charge in [0, 0.05) is 5.69 Å². The molecular weight excluding hydrogens is 338 g/mol. The van der Waals surface area contributed by atoms with Crippen molar-refractivity contribution in [1.29, 1.82) is 0 Å². The number of nitrogens with zero attached hydrogens (tertiary/aromatic N) is 1. The molecule has 6 nitrogen and oxygen atoms in total. The van der Waals surface area contributed by atoms with Gasteiger partial charge in [-0.25, -0.2) is 0 Å². The van der Waals surface area contributed by atoms with Gasteiger partial charge in [0.05, 0.1) is 18.3 Å².